The summed E-state index contributed by atoms with van der Waals surface area (Å²) in [7, 11) is 2.18. The number of amides is 1. The third kappa shape index (κ3) is 6.53. The lowest BCUT2D eigenvalue weighted by atomic mass is 9.84. The number of rotatable bonds is 6. The van der Waals surface area contributed by atoms with Gasteiger partial charge in [-0.05, 0) is 53.0 Å². The van der Waals surface area contributed by atoms with Crippen molar-refractivity contribution in [3.8, 4) is 0 Å². The minimum Gasteiger partial charge on any atom is -0.444 e. The van der Waals surface area contributed by atoms with Gasteiger partial charge in [0.1, 0.15) is 5.60 Å². The van der Waals surface area contributed by atoms with Crippen molar-refractivity contribution in [2.75, 3.05) is 20.1 Å². The molecule has 1 rings (SSSR count). The summed E-state index contributed by atoms with van der Waals surface area (Å²) in [5.74, 6) is 0.728. The highest BCUT2D eigenvalue weighted by atomic mass is 16.6. The minimum absolute atomic E-state index is 0.306. The molecule has 0 radical (unpaired) electrons. The van der Waals surface area contributed by atoms with Crippen LogP contribution in [0.4, 0.5) is 4.79 Å². The van der Waals surface area contributed by atoms with Gasteiger partial charge in [0.15, 0.2) is 0 Å². The van der Waals surface area contributed by atoms with Gasteiger partial charge in [0.05, 0.1) is 0 Å². The predicted octanol–water partition coefficient (Wildman–Crippen LogP) is 2.74. The number of likely N-dealkylation sites (N-methyl/N-ethyl adjacent to an activating group) is 1. The average molecular weight is 313 g/mol. The molecular formula is C17H35N3O2. The normalized spacial score (nSPS) is 24.1. The third-order valence-corrected chi connectivity index (χ3v) is 4.58. The number of nitrogens with zero attached hydrogens (tertiary/aromatic N) is 1. The van der Waals surface area contributed by atoms with Gasteiger partial charge in [0.2, 0.25) is 0 Å². The summed E-state index contributed by atoms with van der Waals surface area (Å²) in [6.45, 7) is 9.17. The van der Waals surface area contributed by atoms with E-state index in [0.717, 1.165) is 12.3 Å². The van der Waals surface area contributed by atoms with Gasteiger partial charge in [-0.3, -0.25) is 4.90 Å². The number of hydrogen-bond donors (Lipinski definition) is 2. The van der Waals surface area contributed by atoms with Crippen LogP contribution in [-0.4, -0.2) is 48.8 Å². The molecule has 3 N–H and O–H groups in total. The number of nitrogens with one attached hydrogen (secondary N) is 1. The maximum absolute atomic E-state index is 11.7. The summed E-state index contributed by atoms with van der Waals surface area (Å²) >= 11 is 0. The van der Waals surface area contributed by atoms with E-state index in [9.17, 15) is 4.79 Å². The van der Waals surface area contributed by atoms with E-state index in [1.807, 2.05) is 20.8 Å². The molecule has 1 amide bonds. The van der Waals surface area contributed by atoms with Crippen LogP contribution < -0.4 is 11.1 Å². The lowest BCUT2D eigenvalue weighted by Gasteiger charge is -2.40. The fourth-order valence-electron chi connectivity index (χ4n) is 3.32. The Kier molecular flexibility index (Phi) is 7.63. The molecule has 1 saturated carbocycles. The first-order valence-electron chi connectivity index (χ1n) is 8.63. The molecule has 0 spiro atoms. The molecule has 1 fully saturated rings. The SMILES string of the molecule is CC1CCCCC1N(C)C(CN)CCNC(=O)OC(C)(C)C. The van der Waals surface area contributed by atoms with Gasteiger partial charge in [0.25, 0.3) is 0 Å². The van der Waals surface area contributed by atoms with Crippen LogP contribution in [0.2, 0.25) is 0 Å². The van der Waals surface area contributed by atoms with Gasteiger partial charge in [-0.1, -0.05) is 19.8 Å². The number of hydrogen-bond acceptors (Lipinski definition) is 4. The molecule has 0 aliphatic heterocycles. The van der Waals surface area contributed by atoms with Crippen LogP contribution in [0.15, 0.2) is 0 Å². The maximum Gasteiger partial charge on any atom is 0.407 e. The largest absolute Gasteiger partial charge is 0.444 e. The molecule has 130 valence electrons. The molecule has 1 aliphatic rings. The summed E-state index contributed by atoms with van der Waals surface area (Å²) < 4.78 is 5.25. The van der Waals surface area contributed by atoms with Crippen molar-refractivity contribution in [1.29, 1.82) is 0 Å². The molecule has 1 aliphatic carbocycles. The number of carbonyl (C=O) groups is 1. The second-order valence-electron chi connectivity index (χ2n) is 7.60. The Hall–Kier alpha value is -0.810. The summed E-state index contributed by atoms with van der Waals surface area (Å²) in [6.07, 6.45) is 5.73. The molecule has 0 aromatic rings. The number of alkyl carbamates (subject to hydrolysis) is 1. The Morgan fingerprint density at radius 1 is 1.36 bits per heavy atom. The van der Waals surface area contributed by atoms with E-state index < -0.39 is 5.60 Å². The van der Waals surface area contributed by atoms with Gasteiger partial charge >= 0.3 is 6.09 Å². The Labute approximate surface area is 135 Å². The molecule has 0 heterocycles. The third-order valence-electron chi connectivity index (χ3n) is 4.58. The summed E-state index contributed by atoms with van der Waals surface area (Å²) in [5.41, 5.74) is 5.51. The van der Waals surface area contributed by atoms with E-state index in [0.29, 0.717) is 25.2 Å². The van der Waals surface area contributed by atoms with Crippen LogP contribution in [-0.2, 0) is 4.74 Å². The zero-order chi connectivity index (χ0) is 16.8. The topological polar surface area (TPSA) is 67.6 Å². The zero-order valence-electron chi connectivity index (χ0n) is 15.0. The van der Waals surface area contributed by atoms with Crippen molar-refractivity contribution >= 4 is 6.09 Å². The second kappa shape index (κ2) is 8.73. The molecule has 0 aromatic heterocycles. The lowest BCUT2D eigenvalue weighted by molar-refractivity contribution is 0.0514. The summed E-state index contributed by atoms with van der Waals surface area (Å²) in [5, 5.41) is 2.83. The fourth-order valence-corrected chi connectivity index (χ4v) is 3.32. The van der Waals surface area contributed by atoms with E-state index in [1.165, 1.54) is 25.7 Å². The smallest absolute Gasteiger partial charge is 0.407 e. The van der Waals surface area contributed by atoms with Crippen LogP contribution in [0.5, 0.6) is 0 Å². The molecule has 0 aromatic carbocycles. The molecule has 0 saturated heterocycles. The highest BCUT2D eigenvalue weighted by molar-refractivity contribution is 5.67. The van der Waals surface area contributed by atoms with Crippen LogP contribution >= 0.6 is 0 Å². The Morgan fingerprint density at radius 3 is 2.55 bits per heavy atom. The Bertz CT molecular complexity index is 341. The maximum atomic E-state index is 11.7. The van der Waals surface area contributed by atoms with Crippen LogP contribution in [0.25, 0.3) is 0 Å². The molecule has 5 nitrogen and oxygen atoms in total. The van der Waals surface area contributed by atoms with Crippen LogP contribution in [0.3, 0.4) is 0 Å². The monoisotopic (exact) mass is 313 g/mol. The van der Waals surface area contributed by atoms with Crippen LogP contribution in [0.1, 0.15) is 59.8 Å². The van der Waals surface area contributed by atoms with Crippen molar-refractivity contribution in [2.24, 2.45) is 11.7 Å². The standard InChI is InChI=1S/C17H35N3O2/c1-13-8-6-7-9-15(13)20(5)14(12-18)10-11-19-16(21)22-17(2,3)4/h13-15H,6-12,18H2,1-5H3,(H,19,21). The first kappa shape index (κ1) is 19.2. The second-order valence-corrected chi connectivity index (χ2v) is 7.60. The van der Waals surface area contributed by atoms with Crippen molar-refractivity contribution in [3.05, 3.63) is 0 Å². The number of carbonyl (C=O) groups excluding carboxylic acids is 1. The van der Waals surface area contributed by atoms with E-state index in [4.69, 9.17) is 10.5 Å². The van der Waals surface area contributed by atoms with Crippen molar-refractivity contribution in [3.63, 3.8) is 0 Å². The zero-order valence-corrected chi connectivity index (χ0v) is 15.0. The molecule has 5 heteroatoms. The van der Waals surface area contributed by atoms with Gasteiger partial charge in [-0.25, -0.2) is 4.79 Å². The minimum atomic E-state index is -0.453. The number of ether oxygens (including phenoxy) is 1. The first-order valence-corrected chi connectivity index (χ1v) is 8.63. The van der Waals surface area contributed by atoms with Crippen molar-refractivity contribution in [2.45, 2.75) is 77.5 Å². The summed E-state index contributed by atoms with van der Waals surface area (Å²) in [4.78, 5) is 14.1. The van der Waals surface area contributed by atoms with Crippen molar-refractivity contribution < 1.29 is 9.53 Å². The number of nitrogens with two attached hydrogens (primary N) is 1. The average Bonchev–Trinajstić information content (AvgIpc) is 2.41. The van der Waals surface area contributed by atoms with Gasteiger partial charge in [0, 0.05) is 25.2 Å². The Morgan fingerprint density at radius 2 is 2.00 bits per heavy atom. The molecule has 0 bridgehead atoms. The molecule has 3 unspecified atom stereocenters. The van der Waals surface area contributed by atoms with E-state index >= 15 is 0 Å². The highest BCUT2D eigenvalue weighted by Crippen LogP contribution is 2.28. The molecular weight excluding hydrogens is 278 g/mol. The first-order chi connectivity index (χ1) is 10.2. The summed E-state index contributed by atoms with van der Waals surface area (Å²) in [6, 6.07) is 0.921. The van der Waals surface area contributed by atoms with Gasteiger partial charge in [-0.15, -0.1) is 0 Å². The Balaban J connectivity index is 2.39. The molecule has 3 atom stereocenters. The van der Waals surface area contributed by atoms with Crippen molar-refractivity contribution in [1.82, 2.24) is 10.2 Å². The van der Waals surface area contributed by atoms with E-state index in [-0.39, 0.29) is 6.09 Å². The van der Waals surface area contributed by atoms with Gasteiger partial charge in [-0.2, -0.15) is 0 Å². The van der Waals surface area contributed by atoms with Gasteiger partial charge < -0.3 is 15.8 Å². The van der Waals surface area contributed by atoms with Crippen LogP contribution in [0, 0.1) is 5.92 Å². The lowest BCUT2D eigenvalue weighted by Crippen LogP contribution is -2.49. The fraction of sp³-hybridized carbons (Fsp3) is 0.941. The molecule has 22 heavy (non-hydrogen) atoms. The van der Waals surface area contributed by atoms with E-state index in [2.05, 4.69) is 24.2 Å². The quantitative estimate of drug-likeness (QED) is 0.791. The highest BCUT2D eigenvalue weighted by Gasteiger charge is 2.28. The predicted molar refractivity (Wildman–Crippen MR) is 90.9 cm³/mol. The van der Waals surface area contributed by atoms with E-state index in [1.54, 1.807) is 0 Å².